The van der Waals surface area contributed by atoms with E-state index in [0.717, 1.165) is 11.3 Å². The molecular weight excluding hydrogens is 308 g/mol. The van der Waals surface area contributed by atoms with Gasteiger partial charge in [-0.15, -0.1) is 0 Å². The lowest BCUT2D eigenvalue weighted by Gasteiger charge is -2.29. The van der Waals surface area contributed by atoms with Crippen LogP contribution in [0.2, 0.25) is 0 Å². The van der Waals surface area contributed by atoms with Gasteiger partial charge in [0.2, 0.25) is 0 Å². The largest absolute Gasteiger partial charge is 0.490 e. The smallest absolute Gasteiger partial charge is 0.337 e. The molecule has 6 nitrogen and oxygen atoms in total. The van der Waals surface area contributed by atoms with Crippen molar-refractivity contribution in [2.45, 2.75) is 6.92 Å². The fraction of sp³-hybridized carbons (Fsp3) is 0.222. The summed E-state index contributed by atoms with van der Waals surface area (Å²) in [5.41, 5.74) is 2.85. The van der Waals surface area contributed by atoms with Crippen LogP contribution in [0.3, 0.4) is 0 Å². The number of nitrogens with one attached hydrogen (secondary N) is 1. The first-order valence-electron chi connectivity index (χ1n) is 7.59. The van der Waals surface area contributed by atoms with E-state index in [1.165, 1.54) is 7.11 Å². The van der Waals surface area contributed by atoms with Crippen molar-refractivity contribution in [3.63, 3.8) is 0 Å². The lowest BCUT2D eigenvalue weighted by atomic mass is 10.1. The van der Waals surface area contributed by atoms with Crippen molar-refractivity contribution in [2.75, 3.05) is 30.5 Å². The van der Waals surface area contributed by atoms with Crippen LogP contribution in [0.25, 0.3) is 0 Å². The number of carbonyl (C=O) groups is 2. The third kappa shape index (κ3) is 3.17. The summed E-state index contributed by atoms with van der Waals surface area (Å²) in [4.78, 5) is 25.7. The molecule has 124 valence electrons. The van der Waals surface area contributed by atoms with E-state index in [4.69, 9.17) is 4.74 Å². The molecule has 0 saturated heterocycles. The molecule has 0 spiro atoms. The quantitative estimate of drug-likeness (QED) is 0.861. The standard InChI is InChI=1S/C18H18N2O4/c1-12-3-8-16-15(11-12)20(9-10-24-16)18(22)19-14-6-4-13(5-7-14)17(21)23-2/h3-8,11H,9-10H2,1-2H3,(H,19,22). The van der Waals surface area contributed by atoms with Crippen LogP contribution in [0.15, 0.2) is 42.5 Å². The number of rotatable bonds is 2. The molecule has 0 radical (unpaired) electrons. The van der Waals surface area contributed by atoms with Crippen LogP contribution in [0.4, 0.5) is 16.2 Å². The Hall–Kier alpha value is -3.02. The Balaban J connectivity index is 1.76. The van der Waals surface area contributed by atoms with Gasteiger partial charge in [0.15, 0.2) is 0 Å². The third-order valence-electron chi connectivity index (χ3n) is 3.78. The van der Waals surface area contributed by atoms with Crippen molar-refractivity contribution < 1.29 is 19.1 Å². The molecule has 0 unspecified atom stereocenters. The number of ether oxygens (including phenoxy) is 2. The predicted molar refractivity (Wildman–Crippen MR) is 90.8 cm³/mol. The van der Waals surface area contributed by atoms with Gasteiger partial charge in [0.1, 0.15) is 12.4 Å². The van der Waals surface area contributed by atoms with Crippen LogP contribution in [-0.4, -0.2) is 32.3 Å². The molecule has 2 amide bonds. The fourth-order valence-electron chi connectivity index (χ4n) is 2.54. The number of esters is 1. The monoisotopic (exact) mass is 326 g/mol. The molecule has 0 aromatic heterocycles. The van der Waals surface area contributed by atoms with E-state index >= 15 is 0 Å². The number of fused-ring (bicyclic) bond motifs is 1. The third-order valence-corrected chi connectivity index (χ3v) is 3.78. The maximum absolute atomic E-state index is 12.6. The highest BCUT2D eigenvalue weighted by Crippen LogP contribution is 2.32. The van der Waals surface area contributed by atoms with Gasteiger partial charge >= 0.3 is 12.0 Å². The van der Waals surface area contributed by atoms with Crippen LogP contribution in [0, 0.1) is 6.92 Å². The molecule has 2 aromatic carbocycles. The Morgan fingerprint density at radius 1 is 1.17 bits per heavy atom. The van der Waals surface area contributed by atoms with Gasteiger partial charge in [-0.2, -0.15) is 0 Å². The number of carbonyl (C=O) groups excluding carboxylic acids is 2. The van der Waals surface area contributed by atoms with Gasteiger partial charge in [0.25, 0.3) is 0 Å². The maximum Gasteiger partial charge on any atom is 0.337 e. The summed E-state index contributed by atoms with van der Waals surface area (Å²) < 4.78 is 10.2. The summed E-state index contributed by atoms with van der Waals surface area (Å²) in [6, 6.07) is 12.1. The molecule has 2 aromatic rings. The molecule has 1 N–H and O–H groups in total. The van der Waals surface area contributed by atoms with Crippen LogP contribution in [0.1, 0.15) is 15.9 Å². The van der Waals surface area contributed by atoms with Crippen molar-refractivity contribution in [1.82, 2.24) is 0 Å². The van der Waals surface area contributed by atoms with Crippen LogP contribution >= 0.6 is 0 Å². The molecule has 24 heavy (non-hydrogen) atoms. The minimum atomic E-state index is -0.412. The van der Waals surface area contributed by atoms with Gasteiger partial charge in [-0.3, -0.25) is 4.90 Å². The van der Waals surface area contributed by atoms with E-state index in [-0.39, 0.29) is 6.03 Å². The number of amides is 2. The molecule has 0 aliphatic carbocycles. The molecule has 0 fully saturated rings. The van der Waals surface area contributed by atoms with Gasteiger partial charge < -0.3 is 14.8 Å². The van der Waals surface area contributed by atoms with Crippen molar-refractivity contribution in [3.05, 3.63) is 53.6 Å². The number of anilines is 2. The first-order chi connectivity index (χ1) is 11.6. The van der Waals surface area contributed by atoms with E-state index in [1.54, 1.807) is 29.2 Å². The molecule has 0 atom stereocenters. The summed E-state index contributed by atoms with van der Waals surface area (Å²) >= 11 is 0. The Kier molecular flexibility index (Phi) is 4.37. The normalized spacial score (nSPS) is 12.8. The predicted octanol–water partition coefficient (Wildman–Crippen LogP) is 3.21. The molecular formula is C18H18N2O4. The number of urea groups is 1. The Labute approximate surface area is 140 Å². The van der Waals surface area contributed by atoms with Crippen LogP contribution in [-0.2, 0) is 4.74 Å². The summed E-state index contributed by atoms with van der Waals surface area (Å²) in [7, 11) is 1.33. The van der Waals surface area contributed by atoms with Crippen molar-refractivity contribution in [2.24, 2.45) is 0 Å². The Bertz CT molecular complexity index is 771. The van der Waals surface area contributed by atoms with E-state index in [2.05, 4.69) is 10.1 Å². The average molecular weight is 326 g/mol. The van der Waals surface area contributed by atoms with Gasteiger partial charge in [0, 0.05) is 5.69 Å². The zero-order valence-electron chi connectivity index (χ0n) is 13.5. The van der Waals surface area contributed by atoms with Gasteiger partial charge in [-0.05, 0) is 48.9 Å². The summed E-state index contributed by atoms with van der Waals surface area (Å²) in [5.74, 6) is 0.286. The van der Waals surface area contributed by atoms with E-state index in [1.807, 2.05) is 25.1 Å². The van der Waals surface area contributed by atoms with Gasteiger partial charge in [-0.25, -0.2) is 9.59 Å². The molecule has 0 saturated carbocycles. The fourth-order valence-corrected chi connectivity index (χ4v) is 2.54. The highest BCUT2D eigenvalue weighted by atomic mass is 16.5. The second-order valence-corrected chi connectivity index (χ2v) is 5.47. The molecule has 1 heterocycles. The molecule has 0 bridgehead atoms. The van der Waals surface area contributed by atoms with Crippen molar-refractivity contribution >= 4 is 23.4 Å². The van der Waals surface area contributed by atoms with Gasteiger partial charge in [0.05, 0.1) is 24.9 Å². The molecule has 1 aliphatic rings. The number of nitrogens with zero attached hydrogens (tertiary/aromatic N) is 1. The first-order valence-corrected chi connectivity index (χ1v) is 7.59. The summed E-state index contributed by atoms with van der Waals surface area (Å²) in [6.45, 7) is 2.89. The minimum absolute atomic E-state index is 0.240. The van der Waals surface area contributed by atoms with Crippen LogP contribution < -0.4 is 15.0 Å². The van der Waals surface area contributed by atoms with Crippen LogP contribution in [0.5, 0.6) is 5.75 Å². The minimum Gasteiger partial charge on any atom is -0.490 e. The molecule has 1 aliphatic heterocycles. The maximum atomic E-state index is 12.6. The van der Waals surface area contributed by atoms with E-state index < -0.39 is 5.97 Å². The lowest BCUT2D eigenvalue weighted by Crippen LogP contribution is -2.40. The second-order valence-electron chi connectivity index (χ2n) is 5.47. The molecule has 3 rings (SSSR count). The average Bonchev–Trinajstić information content (AvgIpc) is 2.61. The lowest BCUT2D eigenvalue weighted by molar-refractivity contribution is 0.0601. The highest BCUT2D eigenvalue weighted by molar-refractivity contribution is 6.03. The topological polar surface area (TPSA) is 67.9 Å². The highest BCUT2D eigenvalue weighted by Gasteiger charge is 2.23. The van der Waals surface area contributed by atoms with Crippen molar-refractivity contribution in [3.8, 4) is 5.75 Å². The zero-order chi connectivity index (χ0) is 17.1. The first kappa shape index (κ1) is 15.9. The van der Waals surface area contributed by atoms with E-state index in [0.29, 0.717) is 30.2 Å². The second kappa shape index (κ2) is 6.62. The summed E-state index contributed by atoms with van der Waals surface area (Å²) in [6.07, 6.45) is 0. The number of hydrogen-bond acceptors (Lipinski definition) is 4. The number of benzene rings is 2. The van der Waals surface area contributed by atoms with Crippen molar-refractivity contribution in [1.29, 1.82) is 0 Å². The summed E-state index contributed by atoms with van der Waals surface area (Å²) in [5, 5.41) is 2.84. The number of hydrogen-bond donors (Lipinski definition) is 1. The number of aryl methyl sites for hydroxylation is 1. The SMILES string of the molecule is COC(=O)c1ccc(NC(=O)N2CCOc3ccc(C)cc32)cc1. The molecule has 6 heteroatoms. The Morgan fingerprint density at radius 2 is 1.92 bits per heavy atom. The Morgan fingerprint density at radius 3 is 2.62 bits per heavy atom. The van der Waals surface area contributed by atoms with Gasteiger partial charge in [-0.1, -0.05) is 6.07 Å². The van der Waals surface area contributed by atoms with E-state index in [9.17, 15) is 9.59 Å². The zero-order valence-corrected chi connectivity index (χ0v) is 13.5. The number of methoxy groups -OCH3 is 1.